The first-order valence-corrected chi connectivity index (χ1v) is 13.7. The minimum atomic E-state index is -1.24. The van der Waals surface area contributed by atoms with Crippen molar-refractivity contribution < 1.29 is 24.2 Å². The van der Waals surface area contributed by atoms with E-state index in [1.807, 2.05) is 19.1 Å². The molecule has 10 heteroatoms. The van der Waals surface area contributed by atoms with Gasteiger partial charge in [0, 0.05) is 6.42 Å². The van der Waals surface area contributed by atoms with Crippen LogP contribution in [0.3, 0.4) is 0 Å². The Morgan fingerprint density at radius 3 is 2.31 bits per heavy atom. The Morgan fingerprint density at radius 1 is 1.05 bits per heavy atom. The summed E-state index contributed by atoms with van der Waals surface area (Å²) in [5.41, 5.74) is 2.21. The van der Waals surface area contributed by atoms with E-state index in [9.17, 15) is 24.8 Å². The van der Waals surface area contributed by atoms with Gasteiger partial charge in [0.1, 0.15) is 30.0 Å². The van der Waals surface area contributed by atoms with Gasteiger partial charge in [-0.1, -0.05) is 65.7 Å². The summed E-state index contributed by atoms with van der Waals surface area (Å²) in [6, 6.07) is 18.0. The standard InChI is InChI=1S/C32H35ClN4O5/c1-20-8-6-10-23(18-20)28(29(39)36-27-21(2)9-7-11-25(27)33)37(17-16-34)30(40)26(35-31(41)42-32(3,4)5)19-22-12-14-24(38)15-13-22/h6-15,18,26,28,38H,17,19H2,1-5H3,(H,35,41)(H,36,39). The first-order valence-electron chi connectivity index (χ1n) is 13.4. The average Bonchev–Trinajstić information content (AvgIpc) is 2.90. The number of aryl methyl sites for hydroxylation is 2. The van der Waals surface area contributed by atoms with Crippen molar-refractivity contribution in [1.29, 1.82) is 5.26 Å². The van der Waals surface area contributed by atoms with Gasteiger partial charge in [0.05, 0.1) is 16.8 Å². The quantitative estimate of drug-likeness (QED) is 0.269. The van der Waals surface area contributed by atoms with Crippen molar-refractivity contribution in [3.8, 4) is 11.8 Å². The molecule has 9 nitrogen and oxygen atoms in total. The molecule has 0 aromatic heterocycles. The third-order valence-electron chi connectivity index (χ3n) is 6.28. The maximum Gasteiger partial charge on any atom is 0.408 e. The molecular weight excluding hydrogens is 556 g/mol. The van der Waals surface area contributed by atoms with Crippen molar-refractivity contribution in [2.24, 2.45) is 0 Å². The van der Waals surface area contributed by atoms with Crippen molar-refractivity contribution in [3.63, 3.8) is 0 Å². The van der Waals surface area contributed by atoms with Crippen LogP contribution in [0.25, 0.3) is 0 Å². The van der Waals surface area contributed by atoms with E-state index in [1.54, 1.807) is 76.2 Å². The van der Waals surface area contributed by atoms with Crippen LogP contribution in [0.1, 0.15) is 49.1 Å². The third kappa shape index (κ3) is 8.72. The molecule has 3 amide bonds. The van der Waals surface area contributed by atoms with Gasteiger partial charge in [0.2, 0.25) is 5.91 Å². The van der Waals surface area contributed by atoms with Crippen molar-refractivity contribution in [1.82, 2.24) is 10.2 Å². The number of anilines is 1. The van der Waals surface area contributed by atoms with Crippen LogP contribution in [0.4, 0.5) is 10.5 Å². The minimum absolute atomic E-state index is 0.00601. The summed E-state index contributed by atoms with van der Waals surface area (Å²) in [7, 11) is 0. The monoisotopic (exact) mass is 590 g/mol. The number of hydrogen-bond donors (Lipinski definition) is 3. The molecule has 0 aliphatic carbocycles. The predicted octanol–water partition coefficient (Wildman–Crippen LogP) is 5.83. The fourth-order valence-corrected chi connectivity index (χ4v) is 4.65. The van der Waals surface area contributed by atoms with Crippen LogP contribution in [-0.4, -0.2) is 46.1 Å². The number of nitriles is 1. The largest absolute Gasteiger partial charge is 0.508 e. The summed E-state index contributed by atoms with van der Waals surface area (Å²) >= 11 is 6.39. The third-order valence-corrected chi connectivity index (χ3v) is 6.59. The number of para-hydroxylation sites is 1. The molecule has 220 valence electrons. The summed E-state index contributed by atoms with van der Waals surface area (Å²) in [6.07, 6.45) is -0.828. The Balaban J connectivity index is 2.08. The van der Waals surface area contributed by atoms with Crippen LogP contribution < -0.4 is 10.6 Å². The van der Waals surface area contributed by atoms with Gasteiger partial charge in [0.15, 0.2) is 0 Å². The van der Waals surface area contributed by atoms with Gasteiger partial charge >= 0.3 is 6.09 Å². The fourth-order valence-electron chi connectivity index (χ4n) is 4.39. The lowest BCUT2D eigenvalue weighted by atomic mass is 9.99. The minimum Gasteiger partial charge on any atom is -0.508 e. The van der Waals surface area contributed by atoms with E-state index in [4.69, 9.17) is 16.3 Å². The zero-order chi connectivity index (χ0) is 31.0. The summed E-state index contributed by atoms with van der Waals surface area (Å²) in [6.45, 7) is 8.28. The molecule has 0 fully saturated rings. The molecule has 0 radical (unpaired) electrons. The lowest BCUT2D eigenvalue weighted by Crippen LogP contribution is -2.53. The SMILES string of the molecule is Cc1cccc(C(C(=O)Nc2c(C)cccc2Cl)N(CC#N)C(=O)C(Cc2ccc(O)cc2)NC(=O)OC(C)(C)C)c1. The molecule has 0 spiro atoms. The van der Waals surface area contributed by atoms with Gasteiger partial charge in [-0.2, -0.15) is 5.26 Å². The zero-order valence-electron chi connectivity index (χ0n) is 24.3. The van der Waals surface area contributed by atoms with Gasteiger partial charge in [-0.25, -0.2) is 4.79 Å². The van der Waals surface area contributed by atoms with E-state index < -0.39 is 42.1 Å². The number of carbonyl (C=O) groups excluding carboxylic acids is 3. The molecule has 3 aromatic rings. The van der Waals surface area contributed by atoms with Crippen LogP contribution in [0.2, 0.25) is 5.02 Å². The molecule has 2 unspecified atom stereocenters. The van der Waals surface area contributed by atoms with Crippen molar-refractivity contribution in [3.05, 3.63) is 94.0 Å². The molecule has 0 heterocycles. The number of phenols is 1. The molecule has 3 aromatic carbocycles. The number of nitrogens with one attached hydrogen (secondary N) is 2. The number of ether oxygens (including phenoxy) is 1. The lowest BCUT2D eigenvalue weighted by Gasteiger charge is -2.33. The number of nitrogens with zero attached hydrogens (tertiary/aromatic N) is 2. The number of phenolic OH excluding ortho intramolecular Hbond substituents is 1. The summed E-state index contributed by atoms with van der Waals surface area (Å²) in [5, 5.41) is 25.3. The van der Waals surface area contributed by atoms with E-state index in [-0.39, 0.29) is 12.2 Å². The highest BCUT2D eigenvalue weighted by Gasteiger charge is 2.37. The van der Waals surface area contributed by atoms with Gasteiger partial charge in [-0.3, -0.25) is 9.59 Å². The van der Waals surface area contributed by atoms with Crippen LogP contribution in [0.15, 0.2) is 66.7 Å². The smallest absolute Gasteiger partial charge is 0.408 e. The van der Waals surface area contributed by atoms with Gasteiger partial charge in [-0.05, 0) is 69.5 Å². The number of amides is 3. The lowest BCUT2D eigenvalue weighted by molar-refractivity contribution is -0.140. The second kappa shape index (κ2) is 13.9. The Morgan fingerprint density at radius 2 is 1.71 bits per heavy atom. The van der Waals surface area contributed by atoms with Crippen LogP contribution in [0, 0.1) is 25.2 Å². The van der Waals surface area contributed by atoms with E-state index in [2.05, 4.69) is 10.6 Å². The number of carbonyl (C=O) groups is 3. The second-order valence-electron chi connectivity index (χ2n) is 10.9. The first-order chi connectivity index (χ1) is 19.8. The molecular formula is C32H35ClN4O5. The Bertz CT molecular complexity index is 1460. The van der Waals surface area contributed by atoms with Crippen molar-refractivity contribution in [2.75, 3.05) is 11.9 Å². The molecule has 42 heavy (non-hydrogen) atoms. The normalized spacial score (nSPS) is 12.4. The number of benzene rings is 3. The number of alkyl carbamates (subject to hydrolysis) is 1. The summed E-state index contributed by atoms with van der Waals surface area (Å²) in [4.78, 5) is 42.2. The number of rotatable bonds is 9. The topological polar surface area (TPSA) is 132 Å². The van der Waals surface area contributed by atoms with Crippen molar-refractivity contribution in [2.45, 2.75) is 58.7 Å². The molecule has 3 rings (SSSR count). The maximum atomic E-state index is 14.2. The zero-order valence-corrected chi connectivity index (χ0v) is 25.0. The maximum absolute atomic E-state index is 14.2. The first kappa shape index (κ1) is 32.0. The van der Waals surface area contributed by atoms with Crippen LogP contribution >= 0.6 is 11.6 Å². The predicted molar refractivity (Wildman–Crippen MR) is 161 cm³/mol. The molecule has 0 saturated heterocycles. The molecule has 3 N–H and O–H groups in total. The molecule has 0 bridgehead atoms. The number of halogens is 1. The highest BCUT2D eigenvalue weighted by molar-refractivity contribution is 6.34. The van der Waals surface area contributed by atoms with Crippen LogP contribution in [0.5, 0.6) is 5.75 Å². The number of hydrogen-bond acceptors (Lipinski definition) is 6. The highest BCUT2D eigenvalue weighted by atomic mass is 35.5. The Labute approximate surface area is 251 Å². The molecule has 0 saturated carbocycles. The van der Waals surface area contributed by atoms with Gasteiger partial charge in [-0.15, -0.1) is 0 Å². The average molecular weight is 591 g/mol. The van der Waals surface area contributed by atoms with E-state index in [0.29, 0.717) is 27.4 Å². The molecule has 2 atom stereocenters. The Kier molecular flexibility index (Phi) is 10.6. The fraction of sp³-hybridized carbons (Fsp3) is 0.312. The highest BCUT2D eigenvalue weighted by Crippen LogP contribution is 2.30. The Hall–Kier alpha value is -4.55. The number of aromatic hydroxyl groups is 1. The van der Waals surface area contributed by atoms with E-state index in [1.165, 1.54) is 12.1 Å². The summed E-state index contributed by atoms with van der Waals surface area (Å²) < 4.78 is 5.41. The second-order valence-corrected chi connectivity index (χ2v) is 11.3. The van der Waals surface area contributed by atoms with Gasteiger partial charge in [0.25, 0.3) is 5.91 Å². The van der Waals surface area contributed by atoms with E-state index >= 15 is 0 Å². The molecule has 0 aliphatic heterocycles. The van der Waals surface area contributed by atoms with Crippen LogP contribution in [-0.2, 0) is 20.7 Å². The van der Waals surface area contributed by atoms with Gasteiger partial charge < -0.3 is 25.4 Å². The van der Waals surface area contributed by atoms with Crippen molar-refractivity contribution >= 4 is 35.2 Å². The summed E-state index contributed by atoms with van der Waals surface area (Å²) in [5.74, 6) is -1.21. The molecule has 0 aliphatic rings. The van der Waals surface area contributed by atoms with E-state index in [0.717, 1.165) is 10.5 Å².